The zero-order chi connectivity index (χ0) is 13.7. The smallest absolute Gasteiger partial charge is 0.147 e. The first-order valence-corrected chi connectivity index (χ1v) is 8.49. The molecule has 2 rings (SSSR count). The molecule has 0 amide bonds. The highest BCUT2D eigenvalue weighted by Crippen LogP contribution is 2.30. The van der Waals surface area contributed by atoms with Crippen molar-refractivity contribution in [3.05, 3.63) is 28.2 Å². The lowest BCUT2D eigenvalue weighted by molar-refractivity contribution is -0.116. The van der Waals surface area contributed by atoms with E-state index in [-0.39, 0.29) is 0 Å². The molecule has 0 aromatic heterocycles. The highest BCUT2D eigenvalue weighted by molar-refractivity contribution is 9.10. The second-order valence-corrected chi connectivity index (χ2v) is 7.04. The third-order valence-corrected chi connectivity index (χ3v) is 5.45. The van der Waals surface area contributed by atoms with Crippen LogP contribution in [0.5, 0.6) is 5.75 Å². The SMILES string of the molecule is COc1ccc(CC(=O)CSC2CCCC2)cc1Br. The summed E-state index contributed by atoms with van der Waals surface area (Å²) in [6.07, 6.45) is 5.74. The third-order valence-electron chi connectivity index (χ3n) is 3.40. The number of carbonyl (C=O) groups is 1. The molecule has 1 fully saturated rings. The molecule has 0 saturated heterocycles. The van der Waals surface area contributed by atoms with Crippen molar-refractivity contribution in [3.8, 4) is 5.75 Å². The van der Waals surface area contributed by atoms with Crippen molar-refractivity contribution >= 4 is 33.5 Å². The molecule has 2 nitrogen and oxygen atoms in total. The van der Waals surface area contributed by atoms with Gasteiger partial charge in [0, 0.05) is 11.7 Å². The Bertz CT molecular complexity index is 442. The molecule has 1 aliphatic carbocycles. The zero-order valence-electron chi connectivity index (χ0n) is 11.2. The standard InChI is InChI=1S/C15H19BrO2S/c1-18-15-7-6-11(9-14(15)16)8-12(17)10-19-13-4-2-3-5-13/h6-7,9,13H,2-5,8,10H2,1H3. The molecule has 4 heteroatoms. The predicted octanol–water partition coefficient (Wildman–Crippen LogP) is 4.25. The lowest BCUT2D eigenvalue weighted by Gasteiger charge is -2.08. The number of rotatable bonds is 6. The molecule has 1 saturated carbocycles. The van der Waals surface area contributed by atoms with E-state index in [4.69, 9.17) is 4.74 Å². The zero-order valence-corrected chi connectivity index (χ0v) is 13.6. The fourth-order valence-electron chi connectivity index (χ4n) is 2.36. The first-order chi connectivity index (χ1) is 9.19. The van der Waals surface area contributed by atoms with Crippen LogP contribution in [0.25, 0.3) is 0 Å². The first-order valence-electron chi connectivity index (χ1n) is 6.65. The maximum Gasteiger partial charge on any atom is 0.147 e. The van der Waals surface area contributed by atoms with Gasteiger partial charge in [0.05, 0.1) is 17.3 Å². The van der Waals surface area contributed by atoms with Gasteiger partial charge in [0.15, 0.2) is 0 Å². The summed E-state index contributed by atoms with van der Waals surface area (Å²) in [5, 5.41) is 0.714. The number of ether oxygens (including phenoxy) is 1. The summed E-state index contributed by atoms with van der Waals surface area (Å²) >= 11 is 5.29. The normalized spacial score (nSPS) is 15.7. The molecule has 0 aliphatic heterocycles. The van der Waals surface area contributed by atoms with Crippen LogP contribution in [-0.4, -0.2) is 23.9 Å². The molecule has 0 spiro atoms. The van der Waals surface area contributed by atoms with Crippen LogP contribution in [-0.2, 0) is 11.2 Å². The van der Waals surface area contributed by atoms with Crippen LogP contribution in [0.3, 0.4) is 0 Å². The monoisotopic (exact) mass is 342 g/mol. The fraction of sp³-hybridized carbons (Fsp3) is 0.533. The minimum Gasteiger partial charge on any atom is -0.496 e. The van der Waals surface area contributed by atoms with Gasteiger partial charge in [-0.05, 0) is 46.5 Å². The molecule has 0 N–H and O–H groups in total. The molecule has 1 aromatic carbocycles. The van der Waals surface area contributed by atoms with Crippen LogP contribution in [0.15, 0.2) is 22.7 Å². The van der Waals surface area contributed by atoms with E-state index in [1.54, 1.807) is 7.11 Å². The van der Waals surface area contributed by atoms with Crippen molar-refractivity contribution in [2.24, 2.45) is 0 Å². The maximum atomic E-state index is 12.0. The first kappa shape index (κ1) is 14.9. The lowest BCUT2D eigenvalue weighted by atomic mass is 10.1. The number of carbonyl (C=O) groups excluding carboxylic acids is 1. The second-order valence-electron chi connectivity index (χ2n) is 4.90. The third kappa shape index (κ3) is 4.53. The van der Waals surface area contributed by atoms with E-state index in [9.17, 15) is 4.79 Å². The number of halogens is 1. The Morgan fingerprint density at radius 1 is 1.42 bits per heavy atom. The molecule has 1 aromatic rings. The van der Waals surface area contributed by atoms with Gasteiger partial charge in [-0.1, -0.05) is 18.9 Å². The van der Waals surface area contributed by atoms with E-state index in [2.05, 4.69) is 15.9 Å². The van der Waals surface area contributed by atoms with Gasteiger partial charge >= 0.3 is 0 Å². The van der Waals surface area contributed by atoms with E-state index in [0.29, 0.717) is 23.2 Å². The van der Waals surface area contributed by atoms with E-state index in [1.807, 2.05) is 30.0 Å². The summed E-state index contributed by atoms with van der Waals surface area (Å²) in [4.78, 5) is 12.0. The van der Waals surface area contributed by atoms with Crippen molar-refractivity contribution in [3.63, 3.8) is 0 Å². The number of benzene rings is 1. The Balaban J connectivity index is 1.82. The van der Waals surface area contributed by atoms with Crippen LogP contribution in [0.4, 0.5) is 0 Å². The number of methoxy groups -OCH3 is 1. The van der Waals surface area contributed by atoms with E-state index < -0.39 is 0 Å². The van der Waals surface area contributed by atoms with Gasteiger partial charge in [0.1, 0.15) is 11.5 Å². The molecule has 0 bridgehead atoms. The number of Topliss-reactive ketones (excluding diaryl/α,β-unsaturated/α-hetero) is 1. The molecule has 19 heavy (non-hydrogen) atoms. The quantitative estimate of drug-likeness (QED) is 0.773. The van der Waals surface area contributed by atoms with Gasteiger partial charge < -0.3 is 4.74 Å². The molecule has 104 valence electrons. The molecular formula is C15H19BrO2S. The summed E-state index contributed by atoms with van der Waals surface area (Å²) < 4.78 is 6.09. The molecule has 0 atom stereocenters. The average Bonchev–Trinajstić information content (AvgIpc) is 2.90. The predicted molar refractivity (Wildman–Crippen MR) is 84.1 cm³/mol. The van der Waals surface area contributed by atoms with Crippen molar-refractivity contribution in [2.75, 3.05) is 12.9 Å². The Morgan fingerprint density at radius 2 is 2.16 bits per heavy atom. The van der Waals surface area contributed by atoms with Gasteiger partial charge in [-0.25, -0.2) is 0 Å². The number of ketones is 1. The van der Waals surface area contributed by atoms with Crippen molar-refractivity contribution in [2.45, 2.75) is 37.4 Å². The van der Waals surface area contributed by atoms with E-state index >= 15 is 0 Å². The summed E-state index contributed by atoms with van der Waals surface area (Å²) in [7, 11) is 1.64. The Morgan fingerprint density at radius 3 is 2.79 bits per heavy atom. The minimum atomic E-state index is 0.314. The van der Waals surface area contributed by atoms with Gasteiger partial charge in [-0.3, -0.25) is 4.79 Å². The Hall–Kier alpha value is -0.480. The van der Waals surface area contributed by atoms with Crippen LogP contribution >= 0.6 is 27.7 Å². The number of thioether (sulfide) groups is 1. The van der Waals surface area contributed by atoms with Crippen LogP contribution < -0.4 is 4.74 Å². The highest BCUT2D eigenvalue weighted by Gasteiger charge is 2.16. The molecule has 0 heterocycles. The Labute approximate surface area is 127 Å². The molecule has 1 aliphatic rings. The molecule has 0 unspecified atom stereocenters. The molecular weight excluding hydrogens is 324 g/mol. The molecule has 0 radical (unpaired) electrons. The lowest BCUT2D eigenvalue weighted by Crippen LogP contribution is -2.09. The van der Waals surface area contributed by atoms with Gasteiger partial charge in [0.25, 0.3) is 0 Å². The van der Waals surface area contributed by atoms with E-state index in [0.717, 1.165) is 15.8 Å². The van der Waals surface area contributed by atoms with Crippen LogP contribution in [0, 0.1) is 0 Å². The largest absolute Gasteiger partial charge is 0.496 e. The number of hydrogen-bond acceptors (Lipinski definition) is 3. The highest BCUT2D eigenvalue weighted by atomic mass is 79.9. The summed E-state index contributed by atoms with van der Waals surface area (Å²) in [6, 6.07) is 5.83. The summed E-state index contributed by atoms with van der Waals surface area (Å²) in [5.41, 5.74) is 1.05. The summed E-state index contributed by atoms with van der Waals surface area (Å²) in [6.45, 7) is 0. The van der Waals surface area contributed by atoms with Gasteiger partial charge in [-0.2, -0.15) is 11.8 Å². The van der Waals surface area contributed by atoms with Crippen LogP contribution in [0.1, 0.15) is 31.2 Å². The second kappa shape index (κ2) is 7.34. The van der Waals surface area contributed by atoms with Gasteiger partial charge in [0.2, 0.25) is 0 Å². The summed E-state index contributed by atoms with van der Waals surface area (Å²) in [5.74, 6) is 1.76. The van der Waals surface area contributed by atoms with Crippen molar-refractivity contribution < 1.29 is 9.53 Å². The van der Waals surface area contributed by atoms with Crippen molar-refractivity contribution in [1.82, 2.24) is 0 Å². The number of hydrogen-bond donors (Lipinski definition) is 0. The topological polar surface area (TPSA) is 26.3 Å². The average molecular weight is 343 g/mol. The van der Waals surface area contributed by atoms with Crippen molar-refractivity contribution in [1.29, 1.82) is 0 Å². The Kier molecular flexibility index (Phi) is 5.76. The minimum absolute atomic E-state index is 0.314. The maximum absolute atomic E-state index is 12.0. The van der Waals surface area contributed by atoms with E-state index in [1.165, 1.54) is 25.7 Å². The fourth-order valence-corrected chi connectivity index (χ4v) is 4.14. The van der Waals surface area contributed by atoms with Gasteiger partial charge in [-0.15, -0.1) is 0 Å². The van der Waals surface area contributed by atoms with Crippen LogP contribution in [0.2, 0.25) is 0 Å².